The Hall–Kier alpha value is -1.69. The highest BCUT2D eigenvalue weighted by atomic mass is 19.1. The SMILES string of the molecule is CNC(=O)c1ccc(N2CCNCC2)c(F)n1. The minimum absolute atomic E-state index is 0.101. The number of piperazine rings is 1. The van der Waals surface area contributed by atoms with E-state index in [-0.39, 0.29) is 11.6 Å². The van der Waals surface area contributed by atoms with Crippen LogP contribution in [0, 0.1) is 5.95 Å². The summed E-state index contributed by atoms with van der Waals surface area (Å²) in [7, 11) is 1.49. The minimum Gasteiger partial charge on any atom is -0.365 e. The molecule has 1 aliphatic rings. The van der Waals surface area contributed by atoms with Crippen molar-refractivity contribution in [2.75, 3.05) is 38.1 Å². The van der Waals surface area contributed by atoms with Crippen LogP contribution in [-0.2, 0) is 0 Å². The van der Waals surface area contributed by atoms with Gasteiger partial charge in [0.15, 0.2) is 0 Å². The molecule has 1 fully saturated rings. The van der Waals surface area contributed by atoms with Gasteiger partial charge in [0.25, 0.3) is 5.91 Å². The number of pyridine rings is 1. The van der Waals surface area contributed by atoms with Gasteiger partial charge in [0.05, 0.1) is 5.69 Å². The second kappa shape index (κ2) is 5.09. The van der Waals surface area contributed by atoms with Crippen LogP contribution in [0.15, 0.2) is 12.1 Å². The number of hydrogen-bond acceptors (Lipinski definition) is 4. The largest absolute Gasteiger partial charge is 0.365 e. The first-order valence-electron chi connectivity index (χ1n) is 5.56. The monoisotopic (exact) mass is 238 g/mol. The van der Waals surface area contributed by atoms with Gasteiger partial charge in [-0.15, -0.1) is 0 Å². The van der Waals surface area contributed by atoms with E-state index < -0.39 is 5.95 Å². The van der Waals surface area contributed by atoms with E-state index >= 15 is 0 Å². The summed E-state index contributed by atoms with van der Waals surface area (Å²) >= 11 is 0. The zero-order chi connectivity index (χ0) is 12.3. The normalized spacial score (nSPS) is 15.8. The van der Waals surface area contributed by atoms with Crippen molar-refractivity contribution in [2.24, 2.45) is 0 Å². The molecule has 0 saturated carbocycles. The molecule has 0 spiro atoms. The lowest BCUT2D eigenvalue weighted by atomic mass is 10.2. The lowest BCUT2D eigenvalue weighted by Crippen LogP contribution is -2.44. The van der Waals surface area contributed by atoms with Crippen molar-refractivity contribution in [3.63, 3.8) is 0 Å². The fourth-order valence-electron chi connectivity index (χ4n) is 1.82. The van der Waals surface area contributed by atoms with Crippen LogP contribution in [-0.4, -0.2) is 44.1 Å². The molecular weight excluding hydrogens is 223 g/mol. The Labute approximate surface area is 99.0 Å². The predicted molar refractivity (Wildman–Crippen MR) is 62.7 cm³/mol. The van der Waals surface area contributed by atoms with Crippen LogP contribution in [0.4, 0.5) is 10.1 Å². The van der Waals surface area contributed by atoms with Gasteiger partial charge in [-0.25, -0.2) is 4.98 Å². The maximum atomic E-state index is 13.8. The summed E-state index contributed by atoms with van der Waals surface area (Å²) in [5.41, 5.74) is 0.558. The van der Waals surface area contributed by atoms with E-state index in [0.717, 1.165) is 26.2 Å². The van der Waals surface area contributed by atoms with Crippen molar-refractivity contribution >= 4 is 11.6 Å². The van der Waals surface area contributed by atoms with Crippen LogP contribution in [0.25, 0.3) is 0 Å². The van der Waals surface area contributed by atoms with Gasteiger partial charge in [-0.05, 0) is 12.1 Å². The van der Waals surface area contributed by atoms with E-state index in [1.165, 1.54) is 7.05 Å². The predicted octanol–water partition coefficient (Wildman–Crippen LogP) is -0.0101. The molecule has 6 heteroatoms. The molecule has 2 rings (SSSR count). The van der Waals surface area contributed by atoms with E-state index in [4.69, 9.17) is 0 Å². The van der Waals surface area contributed by atoms with Gasteiger partial charge >= 0.3 is 0 Å². The molecular formula is C11H15FN4O. The van der Waals surface area contributed by atoms with Crippen molar-refractivity contribution in [2.45, 2.75) is 0 Å². The van der Waals surface area contributed by atoms with E-state index in [2.05, 4.69) is 15.6 Å². The van der Waals surface area contributed by atoms with Gasteiger partial charge in [0.2, 0.25) is 5.95 Å². The fraction of sp³-hybridized carbons (Fsp3) is 0.455. The Morgan fingerprint density at radius 1 is 1.47 bits per heavy atom. The molecule has 92 valence electrons. The highest BCUT2D eigenvalue weighted by molar-refractivity contribution is 5.92. The summed E-state index contributed by atoms with van der Waals surface area (Å²) in [6.07, 6.45) is 0. The van der Waals surface area contributed by atoms with Crippen LogP contribution in [0.3, 0.4) is 0 Å². The average molecular weight is 238 g/mol. The molecule has 17 heavy (non-hydrogen) atoms. The van der Waals surface area contributed by atoms with Crippen molar-refractivity contribution in [1.29, 1.82) is 0 Å². The number of nitrogens with zero attached hydrogens (tertiary/aromatic N) is 2. The van der Waals surface area contributed by atoms with Crippen LogP contribution in [0.1, 0.15) is 10.5 Å². The molecule has 1 aliphatic heterocycles. The Kier molecular flexibility index (Phi) is 3.53. The first-order valence-corrected chi connectivity index (χ1v) is 5.56. The molecule has 2 N–H and O–H groups in total. The van der Waals surface area contributed by atoms with Crippen molar-refractivity contribution in [3.8, 4) is 0 Å². The summed E-state index contributed by atoms with van der Waals surface area (Å²) in [5, 5.41) is 5.61. The number of nitrogens with one attached hydrogen (secondary N) is 2. The van der Waals surface area contributed by atoms with Gasteiger partial charge in [0, 0.05) is 33.2 Å². The van der Waals surface area contributed by atoms with E-state index in [0.29, 0.717) is 5.69 Å². The standard InChI is InChI=1S/C11H15FN4O/c1-13-11(17)8-2-3-9(10(12)15-8)16-6-4-14-5-7-16/h2-3,14H,4-7H2,1H3,(H,13,17). The molecule has 1 aromatic heterocycles. The third-order valence-electron chi connectivity index (χ3n) is 2.75. The molecule has 5 nitrogen and oxygen atoms in total. The summed E-state index contributed by atoms with van der Waals surface area (Å²) in [5.74, 6) is -0.969. The Morgan fingerprint density at radius 2 is 2.18 bits per heavy atom. The van der Waals surface area contributed by atoms with Crippen LogP contribution in [0.2, 0.25) is 0 Å². The molecule has 0 unspecified atom stereocenters. The third kappa shape index (κ3) is 2.52. The van der Waals surface area contributed by atoms with Crippen molar-refractivity contribution < 1.29 is 9.18 Å². The Balaban J connectivity index is 2.21. The van der Waals surface area contributed by atoms with E-state index in [9.17, 15) is 9.18 Å². The van der Waals surface area contributed by atoms with Gasteiger partial charge in [0.1, 0.15) is 5.69 Å². The maximum absolute atomic E-state index is 13.8. The zero-order valence-corrected chi connectivity index (χ0v) is 9.66. The highest BCUT2D eigenvalue weighted by Gasteiger charge is 2.17. The number of amides is 1. The average Bonchev–Trinajstić information content (AvgIpc) is 2.38. The van der Waals surface area contributed by atoms with Crippen molar-refractivity contribution in [3.05, 3.63) is 23.8 Å². The Morgan fingerprint density at radius 3 is 2.76 bits per heavy atom. The zero-order valence-electron chi connectivity index (χ0n) is 9.66. The molecule has 0 aliphatic carbocycles. The molecule has 0 atom stereocenters. The highest BCUT2D eigenvalue weighted by Crippen LogP contribution is 2.18. The smallest absolute Gasteiger partial charge is 0.269 e. The van der Waals surface area contributed by atoms with Gasteiger partial charge < -0.3 is 15.5 Å². The number of halogens is 1. The molecule has 1 aromatic rings. The maximum Gasteiger partial charge on any atom is 0.269 e. The summed E-state index contributed by atoms with van der Waals surface area (Å²) in [6, 6.07) is 3.15. The fourth-order valence-corrected chi connectivity index (χ4v) is 1.82. The van der Waals surface area contributed by atoms with Crippen LogP contribution >= 0.6 is 0 Å². The second-order valence-electron chi connectivity index (χ2n) is 3.82. The quantitative estimate of drug-likeness (QED) is 0.712. The number of carbonyl (C=O) groups is 1. The summed E-state index contributed by atoms with van der Waals surface area (Å²) < 4.78 is 13.8. The van der Waals surface area contributed by atoms with Crippen LogP contribution in [0.5, 0.6) is 0 Å². The number of aromatic nitrogens is 1. The molecule has 1 amide bonds. The molecule has 2 heterocycles. The molecule has 0 bridgehead atoms. The number of anilines is 1. The van der Waals surface area contributed by atoms with Crippen molar-refractivity contribution in [1.82, 2.24) is 15.6 Å². The van der Waals surface area contributed by atoms with E-state index in [1.807, 2.05) is 4.90 Å². The van der Waals surface area contributed by atoms with Crippen LogP contribution < -0.4 is 15.5 Å². The topological polar surface area (TPSA) is 57.3 Å². The van der Waals surface area contributed by atoms with Gasteiger partial charge in [-0.3, -0.25) is 4.79 Å². The number of hydrogen-bond donors (Lipinski definition) is 2. The third-order valence-corrected chi connectivity index (χ3v) is 2.75. The van der Waals surface area contributed by atoms with Gasteiger partial charge in [-0.2, -0.15) is 4.39 Å². The lowest BCUT2D eigenvalue weighted by Gasteiger charge is -2.29. The lowest BCUT2D eigenvalue weighted by molar-refractivity contribution is 0.0957. The first-order chi connectivity index (χ1) is 8.22. The molecule has 0 radical (unpaired) electrons. The first kappa shape index (κ1) is 11.8. The number of rotatable bonds is 2. The Bertz CT molecular complexity index is 418. The summed E-state index contributed by atoms with van der Waals surface area (Å²) in [6.45, 7) is 3.16. The molecule has 0 aromatic carbocycles. The van der Waals surface area contributed by atoms with Gasteiger partial charge in [-0.1, -0.05) is 0 Å². The van der Waals surface area contributed by atoms with E-state index in [1.54, 1.807) is 12.1 Å². The minimum atomic E-state index is -0.590. The molecule has 1 saturated heterocycles. The summed E-state index contributed by atoms with van der Waals surface area (Å²) in [4.78, 5) is 16.9. The second-order valence-corrected chi connectivity index (χ2v) is 3.82. The number of carbonyl (C=O) groups excluding carboxylic acids is 1.